The standard InChI is InChI=1S/C25H32F2N4O/c1-17-7-10-22(31-30-17)23(32)29-24-25(11-5-3-2-4-6-12-25)15-19(16-28-24)13-18-8-9-20(26)21(27)14-18/h7-10,14,19,24,28H,2-6,11-13,15-16H2,1H3,(H,29,32). The summed E-state index contributed by atoms with van der Waals surface area (Å²) >= 11 is 0. The first-order valence-electron chi connectivity index (χ1n) is 11.7. The van der Waals surface area contributed by atoms with Gasteiger partial charge in [-0.15, -0.1) is 5.10 Å². The van der Waals surface area contributed by atoms with Crippen molar-refractivity contribution in [2.24, 2.45) is 11.3 Å². The number of nitrogens with zero attached hydrogens (tertiary/aromatic N) is 2. The second kappa shape index (κ2) is 10.0. The Balaban J connectivity index is 1.51. The van der Waals surface area contributed by atoms with Crippen molar-refractivity contribution in [2.75, 3.05) is 6.54 Å². The lowest BCUT2D eigenvalue weighted by Crippen LogP contribution is -2.61. The molecule has 2 aromatic rings. The van der Waals surface area contributed by atoms with Crippen molar-refractivity contribution in [3.8, 4) is 0 Å². The molecule has 32 heavy (non-hydrogen) atoms. The number of carbonyl (C=O) groups excluding carboxylic acids is 1. The van der Waals surface area contributed by atoms with Crippen LogP contribution in [0.2, 0.25) is 0 Å². The third-order valence-corrected chi connectivity index (χ3v) is 7.08. The average molecular weight is 443 g/mol. The number of piperidine rings is 1. The molecule has 5 nitrogen and oxygen atoms in total. The molecule has 2 atom stereocenters. The normalized spacial score (nSPS) is 23.3. The van der Waals surface area contributed by atoms with Crippen LogP contribution in [0.4, 0.5) is 8.78 Å². The van der Waals surface area contributed by atoms with Gasteiger partial charge in [-0.1, -0.05) is 38.2 Å². The molecule has 1 aliphatic carbocycles. The van der Waals surface area contributed by atoms with Gasteiger partial charge in [0.15, 0.2) is 17.3 Å². The molecule has 2 fully saturated rings. The van der Waals surface area contributed by atoms with Crippen molar-refractivity contribution in [2.45, 2.75) is 70.9 Å². The highest BCUT2D eigenvalue weighted by molar-refractivity contribution is 5.92. The predicted octanol–water partition coefficient (Wildman–Crippen LogP) is 4.70. The van der Waals surface area contributed by atoms with Gasteiger partial charge in [0.1, 0.15) is 0 Å². The third kappa shape index (κ3) is 5.31. The van der Waals surface area contributed by atoms with Crippen LogP contribution in [0, 0.1) is 29.9 Å². The maximum absolute atomic E-state index is 13.7. The minimum Gasteiger partial charge on any atom is -0.335 e. The highest BCUT2D eigenvalue weighted by Crippen LogP contribution is 2.44. The van der Waals surface area contributed by atoms with Gasteiger partial charge in [0.2, 0.25) is 0 Å². The lowest BCUT2D eigenvalue weighted by Gasteiger charge is -2.49. The topological polar surface area (TPSA) is 66.9 Å². The van der Waals surface area contributed by atoms with Gasteiger partial charge in [-0.05, 0) is 68.4 Å². The molecular weight excluding hydrogens is 410 g/mol. The van der Waals surface area contributed by atoms with E-state index in [-0.39, 0.29) is 17.5 Å². The van der Waals surface area contributed by atoms with Crippen molar-refractivity contribution in [1.82, 2.24) is 20.8 Å². The molecule has 0 bridgehead atoms. The van der Waals surface area contributed by atoms with Crippen LogP contribution in [-0.2, 0) is 6.42 Å². The summed E-state index contributed by atoms with van der Waals surface area (Å²) in [6.07, 6.45) is 9.53. The SMILES string of the molecule is Cc1ccc(C(=O)NC2NCC(Cc3ccc(F)c(F)c3)CC23CCCCCCC3)nn1. The van der Waals surface area contributed by atoms with Crippen LogP contribution < -0.4 is 10.6 Å². The lowest BCUT2D eigenvalue weighted by atomic mass is 9.65. The van der Waals surface area contributed by atoms with E-state index in [1.165, 1.54) is 31.4 Å². The number of benzene rings is 1. The molecule has 0 radical (unpaired) electrons. The van der Waals surface area contributed by atoms with Gasteiger partial charge in [0.25, 0.3) is 5.91 Å². The molecular formula is C25H32F2N4O. The highest BCUT2D eigenvalue weighted by atomic mass is 19.2. The molecule has 1 aromatic carbocycles. The summed E-state index contributed by atoms with van der Waals surface area (Å²) < 4.78 is 27.1. The average Bonchev–Trinajstić information content (AvgIpc) is 2.76. The van der Waals surface area contributed by atoms with Crippen LogP contribution in [0.3, 0.4) is 0 Å². The van der Waals surface area contributed by atoms with Crippen molar-refractivity contribution in [3.05, 3.63) is 58.9 Å². The van der Waals surface area contributed by atoms with Crippen molar-refractivity contribution >= 4 is 5.91 Å². The summed E-state index contributed by atoms with van der Waals surface area (Å²) in [5, 5.41) is 14.8. The number of rotatable bonds is 4. The fourth-order valence-electron chi connectivity index (χ4n) is 5.44. The van der Waals surface area contributed by atoms with E-state index in [9.17, 15) is 13.6 Å². The summed E-state index contributed by atoms with van der Waals surface area (Å²) in [5.41, 5.74) is 1.85. The number of halogens is 2. The number of nitrogens with one attached hydrogen (secondary N) is 2. The molecule has 1 spiro atoms. The van der Waals surface area contributed by atoms with E-state index in [4.69, 9.17) is 0 Å². The molecule has 2 heterocycles. The van der Waals surface area contributed by atoms with Crippen molar-refractivity contribution in [3.63, 3.8) is 0 Å². The fraction of sp³-hybridized carbons (Fsp3) is 0.560. The van der Waals surface area contributed by atoms with Crippen LogP contribution in [0.1, 0.15) is 73.1 Å². The van der Waals surface area contributed by atoms with Crippen LogP contribution in [0.5, 0.6) is 0 Å². The quantitative estimate of drug-likeness (QED) is 0.720. The Kier molecular flexibility index (Phi) is 7.13. The zero-order chi connectivity index (χ0) is 22.6. The Morgan fingerprint density at radius 3 is 2.50 bits per heavy atom. The Morgan fingerprint density at radius 1 is 1.06 bits per heavy atom. The van der Waals surface area contributed by atoms with Gasteiger partial charge in [0, 0.05) is 12.0 Å². The molecule has 4 rings (SSSR count). The summed E-state index contributed by atoms with van der Waals surface area (Å²) in [7, 11) is 0. The lowest BCUT2D eigenvalue weighted by molar-refractivity contribution is 0.0399. The van der Waals surface area contributed by atoms with Gasteiger partial charge < -0.3 is 5.32 Å². The van der Waals surface area contributed by atoms with E-state index >= 15 is 0 Å². The van der Waals surface area contributed by atoms with E-state index in [1.807, 2.05) is 6.92 Å². The Bertz CT molecular complexity index is 926. The van der Waals surface area contributed by atoms with Gasteiger partial charge in [-0.2, -0.15) is 5.10 Å². The molecule has 1 aromatic heterocycles. The van der Waals surface area contributed by atoms with Crippen LogP contribution in [0.15, 0.2) is 30.3 Å². The van der Waals surface area contributed by atoms with Crippen molar-refractivity contribution < 1.29 is 13.6 Å². The number of amides is 1. The minimum atomic E-state index is -0.811. The molecule has 2 N–H and O–H groups in total. The molecule has 1 saturated carbocycles. The smallest absolute Gasteiger partial charge is 0.273 e. The molecule has 1 saturated heterocycles. The Labute approximate surface area is 188 Å². The maximum atomic E-state index is 13.7. The Hall–Kier alpha value is -2.41. The molecule has 1 aliphatic heterocycles. The largest absolute Gasteiger partial charge is 0.335 e. The number of hydrogen-bond donors (Lipinski definition) is 2. The van der Waals surface area contributed by atoms with Crippen LogP contribution >= 0.6 is 0 Å². The van der Waals surface area contributed by atoms with Crippen molar-refractivity contribution in [1.29, 1.82) is 0 Å². The first-order chi connectivity index (χ1) is 15.4. The summed E-state index contributed by atoms with van der Waals surface area (Å²) in [4.78, 5) is 12.9. The molecule has 7 heteroatoms. The Morgan fingerprint density at radius 2 is 1.81 bits per heavy atom. The van der Waals surface area contributed by atoms with E-state index < -0.39 is 11.6 Å². The zero-order valence-electron chi connectivity index (χ0n) is 18.7. The number of hydrogen-bond acceptors (Lipinski definition) is 4. The first kappa shape index (κ1) is 22.8. The number of aryl methyl sites for hydroxylation is 1. The van der Waals surface area contributed by atoms with E-state index in [1.54, 1.807) is 18.2 Å². The van der Waals surface area contributed by atoms with Gasteiger partial charge in [-0.25, -0.2) is 8.78 Å². The van der Waals surface area contributed by atoms with Gasteiger partial charge in [0.05, 0.1) is 11.9 Å². The minimum absolute atomic E-state index is 0.0598. The number of aromatic nitrogens is 2. The van der Waals surface area contributed by atoms with E-state index in [2.05, 4.69) is 20.8 Å². The molecule has 2 unspecified atom stereocenters. The van der Waals surface area contributed by atoms with Crippen LogP contribution in [0.25, 0.3) is 0 Å². The van der Waals surface area contributed by atoms with Gasteiger partial charge >= 0.3 is 0 Å². The molecule has 172 valence electrons. The second-order valence-corrected chi connectivity index (χ2v) is 9.53. The van der Waals surface area contributed by atoms with E-state index in [0.717, 1.165) is 43.4 Å². The van der Waals surface area contributed by atoms with Crippen LogP contribution in [-0.4, -0.2) is 28.8 Å². The fourth-order valence-corrected chi connectivity index (χ4v) is 5.44. The predicted molar refractivity (Wildman–Crippen MR) is 119 cm³/mol. The maximum Gasteiger partial charge on any atom is 0.273 e. The molecule has 2 aliphatic rings. The monoisotopic (exact) mass is 442 g/mol. The third-order valence-electron chi connectivity index (χ3n) is 7.08. The highest BCUT2D eigenvalue weighted by Gasteiger charge is 2.44. The summed E-state index contributed by atoms with van der Waals surface area (Å²) in [5.74, 6) is -1.52. The number of carbonyl (C=O) groups is 1. The second-order valence-electron chi connectivity index (χ2n) is 9.53. The first-order valence-corrected chi connectivity index (χ1v) is 11.7. The zero-order valence-corrected chi connectivity index (χ0v) is 18.7. The summed E-state index contributed by atoms with van der Waals surface area (Å²) in [6, 6.07) is 7.69. The van der Waals surface area contributed by atoms with E-state index in [0.29, 0.717) is 24.6 Å². The van der Waals surface area contributed by atoms with Gasteiger partial charge in [-0.3, -0.25) is 10.1 Å². The summed E-state index contributed by atoms with van der Waals surface area (Å²) in [6.45, 7) is 2.55. The molecule has 1 amide bonds.